The van der Waals surface area contributed by atoms with E-state index in [2.05, 4.69) is 0 Å². The molecule has 0 spiro atoms. The summed E-state index contributed by atoms with van der Waals surface area (Å²) in [6.07, 6.45) is 3.26. The number of hydrogen-bond acceptors (Lipinski definition) is 5. The number of benzene rings is 4. The maximum atomic E-state index is 14.4. The lowest BCUT2D eigenvalue weighted by Crippen LogP contribution is -2.49. The molecule has 0 bridgehead atoms. The van der Waals surface area contributed by atoms with E-state index in [-0.39, 0.29) is 11.8 Å². The molecule has 3 aliphatic rings. The summed E-state index contributed by atoms with van der Waals surface area (Å²) in [4.78, 5) is 45.7. The van der Waals surface area contributed by atoms with Crippen LogP contribution in [0.3, 0.4) is 0 Å². The first-order chi connectivity index (χ1) is 20.0. The lowest BCUT2D eigenvalue weighted by molar-refractivity contribution is -0.151. The molecule has 0 radical (unpaired) electrons. The van der Waals surface area contributed by atoms with Crippen LogP contribution in [0.2, 0.25) is 0 Å². The highest BCUT2D eigenvalue weighted by Crippen LogP contribution is 2.49. The number of aryl methyl sites for hydroxylation is 1. The van der Waals surface area contributed by atoms with E-state index in [1.165, 1.54) is 4.90 Å². The summed E-state index contributed by atoms with van der Waals surface area (Å²) < 4.78 is 6.33. The van der Waals surface area contributed by atoms with Gasteiger partial charge in [-0.3, -0.25) is 9.59 Å². The first-order valence-corrected chi connectivity index (χ1v) is 13.8. The Kier molecular flexibility index (Phi) is 6.04. The second-order valence-corrected chi connectivity index (χ2v) is 10.8. The Hall–Kier alpha value is -4.97. The zero-order valence-corrected chi connectivity index (χ0v) is 22.5. The Morgan fingerprint density at radius 1 is 0.732 bits per heavy atom. The van der Waals surface area contributed by atoms with Crippen LogP contribution in [-0.4, -0.2) is 29.9 Å². The molecule has 0 aliphatic carbocycles. The van der Waals surface area contributed by atoms with Gasteiger partial charge in [-0.15, -0.1) is 0 Å². The standard InChI is InChI=1S/C35H28N2O4/c1-22-16-19-26(20-17-22)36-33(38)29-28-21-18-23-10-8-9-15-27(23)37(28)31(30(29)34(36)39)35(40)41-32(24-11-4-2-5-12-24)25-13-6-3-7-14-25/h2-21,28-32H,1H3/t28-,29-,30-,31-/m0/s1. The first-order valence-electron chi connectivity index (χ1n) is 13.8. The number of rotatable bonds is 5. The summed E-state index contributed by atoms with van der Waals surface area (Å²) in [5.74, 6) is -2.79. The van der Waals surface area contributed by atoms with Crippen LogP contribution in [0.15, 0.2) is 115 Å². The van der Waals surface area contributed by atoms with Gasteiger partial charge in [0.2, 0.25) is 11.8 Å². The van der Waals surface area contributed by atoms with Crippen LogP contribution in [0.1, 0.15) is 28.4 Å². The van der Waals surface area contributed by atoms with Gasteiger partial charge in [0.15, 0.2) is 6.10 Å². The van der Waals surface area contributed by atoms with Crippen molar-refractivity contribution in [1.82, 2.24) is 0 Å². The molecule has 202 valence electrons. The third-order valence-corrected chi connectivity index (χ3v) is 8.39. The number of fused-ring (bicyclic) bond motifs is 5. The molecule has 6 heteroatoms. The van der Waals surface area contributed by atoms with Crippen molar-refractivity contribution in [2.24, 2.45) is 11.8 Å². The quantitative estimate of drug-likeness (QED) is 0.239. The normalized spacial score (nSPS) is 22.5. The van der Waals surface area contributed by atoms with Gasteiger partial charge in [-0.05, 0) is 41.8 Å². The molecule has 6 nitrogen and oxygen atoms in total. The zero-order chi connectivity index (χ0) is 28.1. The average Bonchev–Trinajstić information content (AvgIpc) is 3.49. The first kappa shape index (κ1) is 25.0. The van der Waals surface area contributed by atoms with Gasteiger partial charge in [0.1, 0.15) is 6.04 Å². The molecule has 4 aromatic carbocycles. The summed E-state index contributed by atoms with van der Waals surface area (Å²) in [5, 5.41) is 0. The second-order valence-electron chi connectivity index (χ2n) is 10.8. The van der Waals surface area contributed by atoms with Crippen LogP contribution in [0.5, 0.6) is 0 Å². The summed E-state index contributed by atoms with van der Waals surface area (Å²) in [5.41, 5.74) is 4.94. The Labute approximate surface area is 238 Å². The highest BCUT2D eigenvalue weighted by molar-refractivity contribution is 6.24. The number of amides is 2. The Morgan fingerprint density at radius 3 is 1.98 bits per heavy atom. The summed E-state index contributed by atoms with van der Waals surface area (Å²) in [6, 6.07) is 32.8. The van der Waals surface area contributed by atoms with E-state index >= 15 is 0 Å². The molecule has 4 aromatic rings. The van der Waals surface area contributed by atoms with Crippen molar-refractivity contribution in [3.63, 3.8) is 0 Å². The summed E-state index contributed by atoms with van der Waals surface area (Å²) >= 11 is 0. The van der Waals surface area contributed by atoms with Crippen molar-refractivity contribution in [3.05, 3.63) is 138 Å². The molecule has 2 amide bonds. The van der Waals surface area contributed by atoms with Gasteiger partial charge >= 0.3 is 5.97 Å². The molecule has 2 fully saturated rings. The minimum absolute atomic E-state index is 0.291. The Morgan fingerprint density at radius 2 is 1.32 bits per heavy atom. The Balaban J connectivity index is 1.32. The van der Waals surface area contributed by atoms with Crippen LogP contribution >= 0.6 is 0 Å². The van der Waals surface area contributed by atoms with E-state index in [0.717, 1.165) is 27.9 Å². The Bertz CT molecular complexity index is 1630. The summed E-state index contributed by atoms with van der Waals surface area (Å²) in [7, 11) is 0. The lowest BCUT2D eigenvalue weighted by atomic mass is 9.88. The van der Waals surface area contributed by atoms with Crippen LogP contribution in [-0.2, 0) is 19.1 Å². The van der Waals surface area contributed by atoms with Crippen molar-refractivity contribution in [2.45, 2.75) is 25.1 Å². The maximum absolute atomic E-state index is 14.4. The number of ether oxygens (including phenoxy) is 1. The van der Waals surface area contributed by atoms with Crippen LogP contribution in [0.4, 0.5) is 11.4 Å². The van der Waals surface area contributed by atoms with E-state index in [1.807, 2.05) is 121 Å². The van der Waals surface area contributed by atoms with Gasteiger partial charge in [0, 0.05) is 5.69 Å². The molecular weight excluding hydrogens is 512 g/mol. The number of hydrogen-bond donors (Lipinski definition) is 0. The van der Waals surface area contributed by atoms with Crippen LogP contribution in [0.25, 0.3) is 6.08 Å². The molecule has 3 heterocycles. The fourth-order valence-corrected chi connectivity index (χ4v) is 6.50. The molecule has 2 saturated heterocycles. The van der Waals surface area contributed by atoms with E-state index < -0.39 is 36.0 Å². The molecule has 4 atom stereocenters. The monoisotopic (exact) mass is 540 g/mol. The second kappa shape index (κ2) is 9.89. The van der Waals surface area contributed by atoms with Gasteiger partial charge < -0.3 is 9.64 Å². The van der Waals surface area contributed by atoms with Gasteiger partial charge in [0.25, 0.3) is 0 Å². The minimum atomic E-state index is -0.974. The topological polar surface area (TPSA) is 66.9 Å². The SMILES string of the molecule is Cc1ccc(N2C(=O)[C@@H]3[C@H](C2=O)[C@@H](C(=O)OC(c2ccccc2)c2ccccc2)N2c4ccccc4C=C[C@@H]32)cc1. The van der Waals surface area contributed by atoms with E-state index in [4.69, 9.17) is 4.74 Å². The largest absolute Gasteiger partial charge is 0.451 e. The van der Waals surface area contributed by atoms with Crippen LogP contribution in [0, 0.1) is 18.8 Å². The number of imide groups is 1. The molecule has 0 N–H and O–H groups in total. The number of carbonyl (C=O) groups is 3. The predicted molar refractivity (Wildman–Crippen MR) is 157 cm³/mol. The van der Waals surface area contributed by atoms with Crippen molar-refractivity contribution >= 4 is 35.2 Å². The molecule has 7 rings (SSSR count). The van der Waals surface area contributed by atoms with Gasteiger partial charge in [0.05, 0.1) is 23.6 Å². The molecule has 0 aromatic heterocycles. The number of nitrogens with zero attached hydrogens (tertiary/aromatic N) is 2. The molecule has 0 unspecified atom stereocenters. The molecule has 41 heavy (non-hydrogen) atoms. The van der Waals surface area contributed by atoms with E-state index in [9.17, 15) is 14.4 Å². The smallest absolute Gasteiger partial charge is 0.330 e. The van der Waals surface area contributed by atoms with Crippen LogP contribution < -0.4 is 9.80 Å². The molecule has 3 aliphatic heterocycles. The fourth-order valence-electron chi connectivity index (χ4n) is 6.50. The number of carbonyl (C=O) groups excluding carboxylic acids is 3. The summed E-state index contributed by atoms with van der Waals surface area (Å²) in [6.45, 7) is 1.95. The fraction of sp³-hybridized carbons (Fsp3) is 0.171. The van der Waals surface area contributed by atoms with Gasteiger partial charge in [-0.25, -0.2) is 9.69 Å². The minimum Gasteiger partial charge on any atom is -0.451 e. The van der Waals surface area contributed by atoms with E-state index in [0.29, 0.717) is 5.69 Å². The highest BCUT2D eigenvalue weighted by atomic mass is 16.5. The van der Waals surface area contributed by atoms with Crippen molar-refractivity contribution < 1.29 is 19.1 Å². The van der Waals surface area contributed by atoms with Gasteiger partial charge in [-0.2, -0.15) is 0 Å². The predicted octanol–water partition coefficient (Wildman–Crippen LogP) is 5.72. The van der Waals surface area contributed by atoms with Crippen molar-refractivity contribution in [1.29, 1.82) is 0 Å². The number of esters is 1. The third kappa shape index (κ3) is 4.06. The zero-order valence-electron chi connectivity index (χ0n) is 22.5. The lowest BCUT2D eigenvalue weighted by Gasteiger charge is -2.36. The molecular formula is C35H28N2O4. The third-order valence-electron chi connectivity index (χ3n) is 8.39. The molecule has 0 saturated carbocycles. The van der Waals surface area contributed by atoms with Gasteiger partial charge in [-0.1, -0.05) is 109 Å². The number of anilines is 2. The maximum Gasteiger partial charge on any atom is 0.330 e. The number of para-hydroxylation sites is 1. The van der Waals surface area contributed by atoms with E-state index in [1.54, 1.807) is 12.1 Å². The van der Waals surface area contributed by atoms with Crippen molar-refractivity contribution in [2.75, 3.05) is 9.80 Å². The van der Waals surface area contributed by atoms with Crippen molar-refractivity contribution in [3.8, 4) is 0 Å². The highest BCUT2D eigenvalue weighted by Gasteiger charge is 2.65. The average molecular weight is 541 g/mol.